The third kappa shape index (κ3) is 3.10. The topological polar surface area (TPSA) is 85.4 Å². The fraction of sp³-hybridized carbons (Fsp3) is 0.267. The second-order valence-corrected chi connectivity index (χ2v) is 5.04. The van der Waals surface area contributed by atoms with E-state index < -0.39 is 16.7 Å². The molecule has 0 aliphatic carbocycles. The number of hydrogen-bond donors (Lipinski definition) is 1. The van der Waals surface area contributed by atoms with Crippen molar-refractivity contribution in [3.8, 4) is 0 Å². The Morgan fingerprint density at radius 3 is 2.57 bits per heavy atom. The lowest BCUT2D eigenvalue weighted by atomic mass is 9.98. The van der Waals surface area contributed by atoms with Crippen LogP contribution >= 0.6 is 0 Å². The van der Waals surface area contributed by atoms with Gasteiger partial charge in [-0.3, -0.25) is 14.9 Å². The number of carbonyl (C=O) groups excluding carboxylic acids is 1. The lowest BCUT2D eigenvalue weighted by molar-refractivity contribution is -0.402. The summed E-state index contributed by atoms with van der Waals surface area (Å²) in [5, 5.41) is 13.3. The van der Waals surface area contributed by atoms with Crippen molar-refractivity contribution in [2.75, 3.05) is 5.32 Å². The third-order valence-corrected chi connectivity index (χ3v) is 3.16. The Labute approximate surface area is 121 Å². The molecule has 1 heterocycles. The molecule has 0 bridgehead atoms. The third-order valence-electron chi connectivity index (χ3n) is 3.16. The molecule has 0 atom stereocenters. The molecular weight excluding hydrogens is 272 g/mol. The van der Waals surface area contributed by atoms with Crippen LogP contribution in [0.25, 0.3) is 0 Å². The zero-order valence-corrected chi connectivity index (χ0v) is 12.0. The number of para-hydroxylation sites is 1. The summed E-state index contributed by atoms with van der Waals surface area (Å²) in [6, 6.07) is 8.22. The first-order chi connectivity index (χ1) is 9.90. The maximum absolute atomic E-state index is 12.1. The smallest absolute Gasteiger partial charge is 0.395 e. The Bertz CT molecular complexity index is 689. The van der Waals surface area contributed by atoms with Crippen LogP contribution in [-0.2, 0) is 0 Å². The van der Waals surface area contributed by atoms with Crippen molar-refractivity contribution in [2.24, 2.45) is 0 Å². The van der Waals surface area contributed by atoms with Crippen molar-refractivity contribution in [3.63, 3.8) is 0 Å². The van der Waals surface area contributed by atoms with E-state index in [9.17, 15) is 14.9 Å². The highest BCUT2D eigenvalue weighted by Gasteiger charge is 2.19. The molecule has 2 rings (SSSR count). The molecule has 1 N–H and O–H groups in total. The first kappa shape index (κ1) is 14.8. The van der Waals surface area contributed by atoms with Gasteiger partial charge in [-0.25, -0.2) is 0 Å². The monoisotopic (exact) mass is 288 g/mol. The largest absolute Gasteiger partial charge is 0.433 e. The van der Waals surface area contributed by atoms with Crippen LogP contribution in [0.3, 0.4) is 0 Å². The molecule has 0 radical (unpaired) electrons. The van der Waals surface area contributed by atoms with Gasteiger partial charge in [-0.2, -0.15) is 0 Å². The number of anilines is 1. The normalized spacial score (nSPS) is 10.7. The fourth-order valence-electron chi connectivity index (χ4n) is 2.07. The molecule has 1 aromatic heterocycles. The van der Waals surface area contributed by atoms with Crippen LogP contribution in [0.15, 0.2) is 34.7 Å². The quantitative estimate of drug-likeness (QED) is 0.683. The summed E-state index contributed by atoms with van der Waals surface area (Å²) in [5.41, 5.74) is 2.65. The van der Waals surface area contributed by atoms with Gasteiger partial charge in [-0.15, -0.1) is 0 Å². The molecule has 0 unspecified atom stereocenters. The number of amides is 1. The van der Waals surface area contributed by atoms with Crippen LogP contribution in [0.4, 0.5) is 11.6 Å². The van der Waals surface area contributed by atoms with Gasteiger partial charge in [0, 0.05) is 5.69 Å². The maximum atomic E-state index is 12.1. The zero-order valence-electron chi connectivity index (χ0n) is 12.0. The highest BCUT2D eigenvalue weighted by Crippen LogP contribution is 2.28. The van der Waals surface area contributed by atoms with Crippen molar-refractivity contribution in [2.45, 2.75) is 26.7 Å². The summed E-state index contributed by atoms with van der Waals surface area (Å²) in [7, 11) is 0. The molecule has 0 aliphatic rings. The van der Waals surface area contributed by atoms with Crippen molar-refractivity contribution in [1.82, 2.24) is 0 Å². The van der Waals surface area contributed by atoms with Crippen LogP contribution in [0, 0.1) is 17.0 Å². The number of benzene rings is 1. The average molecular weight is 288 g/mol. The SMILES string of the molecule is Cc1cccc(C(C)C)c1NC(=O)c1ccc([N+](=O)[O-])o1. The molecule has 0 saturated heterocycles. The molecule has 0 aliphatic heterocycles. The van der Waals surface area contributed by atoms with E-state index in [1.807, 2.05) is 39.0 Å². The minimum Gasteiger partial charge on any atom is -0.395 e. The summed E-state index contributed by atoms with van der Waals surface area (Å²) in [5.74, 6) is -0.792. The number of carbonyl (C=O) groups is 1. The summed E-state index contributed by atoms with van der Waals surface area (Å²) >= 11 is 0. The first-order valence-electron chi connectivity index (χ1n) is 6.55. The highest BCUT2D eigenvalue weighted by molar-refractivity contribution is 6.03. The van der Waals surface area contributed by atoms with Gasteiger partial charge in [-0.1, -0.05) is 32.0 Å². The molecule has 0 saturated carbocycles. The lowest BCUT2D eigenvalue weighted by Crippen LogP contribution is -2.14. The molecule has 6 heteroatoms. The minimum atomic E-state index is -0.676. The molecular formula is C15H16N2O4. The Hall–Kier alpha value is -2.63. The predicted octanol–water partition coefficient (Wildman–Crippen LogP) is 3.87. The molecule has 0 fully saturated rings. The molecule has 0 spiro atoms. The van der Waals surface area contributed by atoms with Gasteiger partial charge < -0.3 is 9.73 Å². The number of hydrogen-bond acceptors (Lipinski definition) is 4. The van der Waals surface area contributed by atoms with Crippen LogP contribution in [0.2, 0.25) is 0 Å². The summed E-state index contributed by atoms with van der Waals surface area (Å²) < 4.78 is 4.91. The molecule has 21 heavy (non-hydrogen) atoms. The van der Waals surface area contributed by atoms with Gasteiger partial charge in [-0.05, 0) is 30.0 Å². The van der Waals surface area contributed by atoms with Crippen LogP contribution < -0.4 is 5.32 Å². The highest BCUT2D eigenvalue weighted by atomic mass is 16.6. The predicted molar refractivity (Wildman–Crippen MR) is 78.6 cm³/mol. The van der Waals surface area contributed by atoms with Gasteiger partial charge >= 0.3 is 5.88 Å². The van der Waals surface area contributed by atoms with E-state index in [0.717, 1.165) is 22.9 Å². The van der Waals surface area contributed by atoms with Gasteiger partial charge in [0.25, 0.3) is 5.91 Å². The minimum absolute atomic E-state index is 0.0836. The molecule has 2 aromatic rings. The Morgan fingerprint density at radius 2 is 2.00 bits per heavy atom. The summed E-state index contributed by atoms with van der Waals surface area (Å²) in [4.78, 5) is 22.0. The van der Waals surface area contributed by atoms with Crippen LogP contribution in [0.1, 0.15) is 41.4 Å². The second-order valence-electron chi connectivity index (χ2n) is 5.04. The van der Waals surface area contributed by atoms with Gasteiger partial charge in [0.15, 0.2) is 5.76 Å². The van der Waals surface area contributed by atoms with Crippen LogP contribution in [0.5, 0.6) is 0 Å². The number of nitrogens with one attached hydrogen (secondary N) is 1. The molecule has 1 amide bonds. The average Bonchev–Trinajstić information content (AvgIpc) is 2.90. The van der Waals surface area contributed by atoms with Gasteiger partial charge in [0.05, 0.1) is 6.07 Å². The second kappa shape index (κ2) is 5.78. The number of aryl methyl sites for hydroxylation is 1. The molecule has 1 aromatic carbocycles. The summed E-state index contributed by atoms with van der Waals surface area (Å²) in [6.45, 7) is 5.95. The molecule has 110 valence electrons. The van der Waals surface area contributed by atoms with Crippen molar-refractivity contribution >= 4 is 17.5 Å². The number of furan rings is 1. The lowest BCUT2D eigenvalue weighted by Gasteiger charge is -2.15. The standard InChI is InChI=1S/C15H16N2O4/c1-9(2)11-6-4-5-10(3)14(11)16-15(18)12-7-8-13(21-12)17(19)20/h4-9H,1-3H3,(H,16,18). The fourth-order valence-corrected chi connectivity index (χ4v) is 2.07. The van der Waals surface area contributed by atoms with E-state index in [-0.39, 0.29) is 11.7 Å². The van der Waals surface area contributed by atoms with Crippen molar-refractivity contribution in [1.29, 1.82) is 0 Å². The van der Waals surface area contributed by atoms with Crippen molar-refractivity contribution < 1.29 is 14.1 Å². The van der Waals surface area contributed by atoms with E-state index in [1.165, 1.54) is 6.07 Å². The van der Waals surface area contributed by atoms with Gasteiger partial charge in [0.2, 0.25) is 0 Å². The number of nitrogens with zero attached hydrogens (tertiary/aromatic N) is 1. The van der Waals surface area contributed by atoms with E-state index in [2.05, 4.69) is 5.32 Å². The Balaban J connectivity index is 2.29. The van der Waals surface area contributed by atoms with Crippen LogP contribution in [-0.4, -0.2) is 10.8 Å². The Kier molecular flexibility index (Phi) is 4.07. The van der Waals surface area contributed by atoms with E-state index in [0.29, 0.717) is 0 Å². The maximum Gasteiger partial charge on any atom is 0.433 e. The number of nitro groups is 1. The van der Waals surface area contributed by atoms with E-state index in [1.54, 1.807) is 0 Å². The van der Waals surface area contributed by atoms with Crippen molar-refractivity contribution in [3.05, 3.63) is 57.3 Å². The zero-order chi connectivity index (χ0) is 15.6. The van der Waals surface area contributed by atoms with Gasteiger partial charge in [0.1, 0.15) is 4.92 Å². The molecule has 6 nitrogen and oxygen atoms in total. The first-order valence-corrected chi connectivity index (χ1v) is 6.55. The van der Waals surface area contributed by atoms with E-state index in [4.69, 9.17) is 4.42 Å². The van der Waals surface area contributed by atoms with E-state index >= 15 is 0 Å². The summed E-state index contributed by atoms with van der Waals surface area (Å²) in [6.07, 6.45) is 0. The number of rotatable bonds is 4. The Morgan fingerprint density at radius 1 is 1.29 bits per heavy atom.